The Morgan fingerprint density at radius 3 is 2.79 bits per heavy atom. The molecule has 1 aromatic heterocycles. The first-order valence-corrected chi connectivity index (χ1v) is 5.72. The van der Waals surface area contributed by atoms with E-state index in [1.807, 2.05) is 0 Å². The van der Waals surface area contributed by atoms with Gasteiger partial charge in [-0.3, -0.25) is 9.48 Å². The Balaban J connectivity index is 2.15. The molecule has 0 spiro atoms. The normalized spacial score (nSPS) is 12.2. The van der Waals surface area contributed by atoms with Gasteiger partial charge in [-0.15, -0.1) is 0 Å². The van der Waals surface area contributed by atoms with E-state index in [1.54, 1.807) is 31.0 Å². The topological polar surface area (TPSA) is 46.9 Å². The number of nitrogens with zero attached hydrogens (tertiary/aromatic N) is 2. The van der Waals surface area contributed by atoms with Crippen LogP contribution in [0.2, 0.25) is 0 Å². The zero-order chi connectivity index (χ0) is 14.0. The highest BCUT2D eigenvalue weighted by molar-refractivity contribution is 5.94. The average Bonchev–Trinajstić information content (AvgIpc) is 2.79. The molecule has 0 radical (unpaired) electrons. The third-order valence-corrected chi connectivity index (χ3v) is 2.77. The van der Waals surface area contributed by atoms with Gasteiger partial charge in [0, 0.05) is 18.8 Å². The molecular formula is C13H13F2N3O. The summed E-state index contributed by atoms with van der Waals surface area (Å²) in [7, 11) is 1.75. The number of halogens is 2. The lowest BCUT2D eigenvalue weighted by atomic mass is 10.1. The maximum atomic E-state index is 13.5. The Morgan fingerprint density at radius 2 is 2.16 bits per heavy atom. The van der Waals surface area contributed by atoms with Crippen molar-refractivity contribution in [3.63, 3.8) is 0 Å². The number of benzene rings is 1. The minimum atomic E-state index is -1.14. The minimum absolute atomic E-state index is 0.309. The molecule has 0 aliphatic carbocycles. The van der Waals surface area contributed by atoms with E-state index in [0.29, 0.717) is 0 Å². The smallest absolute Gasteiger partial charge is 0.254 e. The van der Waals surface area contributed by atoms with E-state index >= 15 is 0 Å². The van der Waals surface area contributed by atoms with Crippen LogP contribution in [0.5, 0.6) is 0 Å². The van der Waals surface area contributed by atoms with Gasteiger partial charge in [0.25, 0.3) is 5.91 Å². The largest absolute Gasteiger partial charge is 0.345 e. The first-order valence-electron chi connectivity index (χ1n) is 5.72. The molecule has 0 bridgehead atoms. The number of rotatable bonds is 3. The quantitative estimate of drug-likeness (QED) is 0.924. The number of nitrogens with one attached hydrogen (secondary N) is 1. The molecule has 0 aliphatic rings. The predicted molar refractivity (Wildman–Crippen MR) is 65.4 cm³/mol. The van der Waals surface area contributed by atoms with Crippen molar-refractivity contribution >= 4 is 5.91 Å². The van der Waals surface area contributed by atoms with Gasteiger partial charge < -0.3 is 5.32 Å². The highest BCUT2D eigenvalue weighted by Gasteiger charge is 2.17. The Morgan fingerprint density at radius 1 is 1.42 bits per heavy atom. The van der Waals surface area contributed by atoms with Crippen molar-refractivity contribution in [2.75, 3.05) is 0 Å². The minimum Gasteiger partial charge on any atom is -0.345 e. The molecule has 1 amide bonds. The summed E-state index contributed by atoms with van der Waals surface area (Å²) in [6, 6.07) is 3.16. The van der Waals surface area contributed by atoms with E-state index in [0.717, 1.165) is 11.6 Å². The van der Waals surface area contributed by atoms with Gasteiger partial charge >= 0.3 is 0 Å². The van der Waals surface area contributed by atoms with Gasteiger partial charge in [-0.05, 0) is 19.1 Å². The lowest BCUT2D eigenvalue weighted by molar-refractivity contribution is 0.0934. The van der Waals surface area contributed by atoms with Crippen LogP contribution in [0.1, 0.15) is 28.9 Å². The Labute approximate surface area is 109 Å². The fraction of sp³-hybridized carbons (Fsp3) is 0.231. The van der Waals surface area contributed by atoms with Crippen LogP contribution in [0.25, 0.3) is 0 Å². The van der Waals surface area contributed by atoms with Crippen LogP contribution in [0.4, 0.5) is 8.78 Å². The van der Waals surface area contributed by atoms with E-state index in [1.165, 1.54) is 12.1 Å². The van der Waals surface area contributed by atoms with Crippen molar-refractivity contribution in [2.24, 2.45) is 7.05 Å². The molecule has 0 fully saturated rings. The summed E-state index contributed by atoms with van der Waals surface area (Å²) >= 11 is 0. The molecular weight excluding hydrogens is 252 g/mol. The van der Waals surface area contributed by atoms with Gasteiger partial charge in [-0.1, -0.05) is 6.07 Å². The molecule has 4 nitrogen and oxygen atoms in total. The van der Waals surface area contributed by atoms with Gasteiger partial charge in [0.1, 0.15) is 0 Å². The first kappa shape index (κ1) is 13.2. The van der Waals surface area contributed by atoms with Crippen molar-refractivity contribution in [2.45, 2.75) is 13.0 Å². The monoisotopic (exact) mass is 265 g/mol. The van der Waals surface area contributed by atoms with Crippen molar-refractivity contribution in [3.8, 4) is 0 Å². The van der Waals surface area contributed by atoms with Crippen LogP contribution in [-0.4, -0.2) is 15.7 Å². The SMILES string of the molecule is CC(NC(=O)c1cccc(F)c1F)c1cnn(C)c1. The number of carbonyl (C=O) groups is 1. The molecule has 0 saturated heterocycles. The molecule has 1 unspecified atom stereocenters. The third kappa shape index (κ3) is 2.78. The van der Waals surface area contributed by atoms with Gasteiger partial charge in [0.15, 0.2) is 11.6 Å². The molecule has 2 rings (SSSR count). The lowest BCUT2D eigenvalue weighted by Gasteiger charge is -2.12. The first-order chi connectivity index (χ1) is 8.99. The Kier molecular flexibility index (Phi) is 3.59. The zero-order valence-electron chi connectivity index (χ0n) is 10.5. The summed E-state index contributed by atoms with van der Waals surface area (Å²) in [6.45, 7) is 1.74. The molecule has 0 saturated carbocycles. The van der Waals surface area contributed by atoms with Crippen LogP contribution in [-0.2, 0) is 7.05 Å². The molecule has 1 atom stereocenters. The fourth-order valence-electron chi connectivity index (χ4n) is 1.70. The number of amides is 1. The second-order valence-electron chi connectivity index (χ2n) is 4.24. The Bertz CT molecular complexity index is 610. The Hall–Kier alpha value is -2.24. The number of hydrogen-bond donors (Lipinski definition) is 1. The zero-order valence-corrected chi connectivity index (χ0v) is 10.5. The summed E-state index contributed by atoms with van der Waals surface area (Å²) in [4.78, 5) is 11.9. The van der Waals surface area contributed by atoms with Crippen LogP contribution >= 0.6 is 0 Å². The number of aromatic nitrogens is 2. The van der Waals surface area contributed by atoms with E-state index in [9.17, 15) is 13.6 Å². The van der Waals surface area contributed by atoms with Crippen molar-refractivity contribution in [3.05, 3.63) is 53.4 Å². The number of aryl methyl sites for hydroxylation is 1. The van der Waals surface area contributed by atoms with Crippen molar-refractivity contribution < 1.29 is 13.6 Å². The van der Waals surface area contributed by atoms with Crippen molar-refractivity contribution in [1.82, 2.24) is 15.1 Å². The number of carbonyl (C=O) groups excluding carboxylic acids is 1. The molecule has 1 N–H and O–H groups in total. The summed E-state index contributed by atoms with van der Waals surface area (Å²) in [5.41, 5.74) is 0.475. The molecule has 100 valence electrons. The molecule has 1 aromatic carbocycles. The average molecular weight is 265 g/mol. The second kappa shape index (κ2) is 5.17. The molecule has 19 heavy (non-hydrogen) atoms. The van der Waals surface area contributed by atoms with Crippen LogP contribution in [0.3, 0.4) is 0 Å². The summed E-state index contributed by atoms with van der Waals surface area (Å²) in [5, 5.41) is 6.58. The van der Waals surface area contributed by atoms with E-state index in [-0.39, 0.29) is 11.6 Å². The number of hydrogen-bond acceptors (Lipinski definition) is 2. The van der Waals surface area contributed by atoms with Crippen molar-refractivity contribution in [1.29, 1.82) is 0 Å². The van der Waals surface area contributed by atoms with Gasteiger partial charge in [0.05, 0.1) is 17.8 Å². The predicted octanol–water partition coefficient (Wildman–Crippen LogP) is 2.19. The maximum absolute atomic E-state index is 13.5. The van der Waals surface area contributed by atoms with E-state index in [2.05, 4.69) is 10.4 Å². The van der Waals surface area contributed by atoms with Crippen LogP contribution in [0, 0.1) is 11.6 Å². The molecule has 6 heteroatoms. The summed E-state index contributed by atoms with van der Waals surface area (Å²) in [5.74, 6) is -2.84. The van der Waals surface area contributed by atoms with Crippen LogP contribution < -0.4 is 5.32 Å². The highest BCUT2D eigenvalue weighted by atomic mass is 19.2. The van der Waals surface area contributed by atoms with E-state index < -0.39 is 17.5 Å². The van der Waals surface area contributed by atoms with E-state index in [4.69, 9.17) is 0 Å². The fourth-order valence-corrected chi connectivity index (χ4v) is 1.70. The summed E-state index contributed by atoms with van der Waals surface area (Å²) < 4.78 is 28.1. The second-order valence-corrected chi connectivity index (χ2v) is 4.24. The van der Waals surface area contributed by atoms with Gasteiger partial charge in [0.2, 0.25) is 0 Å². The third-order valence-electron chi connectivity index (χ3n) is 2.77. The van der Waals surface area contributed by atoms with Gasteiger partial charge in [-0.2, -0.15) is 5.10 Å². The van der Waals surface area contributed by atoms with Gasteiger partial charge in [-0.25, -0.2) is 8.78 Å². The molecule has 2 aromatic rings. The molecule has 1 heterocycles. The molecule has 0 aliphatic heterocycles. The lowest BCUT2D eigenvalue weighted by Crippen LogP contribution is -2.27. The standard InChI is InChI=1S/C13H13F2N3O/c1-8(9-6-16-18(2)7-9)17-13(19)10-4-3-5-11(14)12(10)15/h3-8H,1-2H3,(H,17,19). The summed E-state index contributed by atoms with van der Waals surface area (Å²) in [6.07, 6.45) is 3.35. The van der Waals surface area contributed by atoms with Crippen LogP contribution in [0.15, 0.2) is 30.6 Å². The maximum Gasteiger partial charge on any atom is 0.254 e. The highest BCUT2D eigenvalue weighted by Crippen LogP contribution is 2.15.